The Bertz CT molecular complexity index is 251. The number of amides is 1. The zero-order chi connectivity index (χ0) is 13.9. The van der Waals surface area contributed by atoms with Gasteiger partial charge in [0.2, 0.25) is 0 Å². The van der Waals surface area contributed by atoms with Crippen LogP contribution in [0.4, 0.5) is 4.79 Å². The largest absolute Gasteiger partial charge is 0.443 e. The summed E-state index contributed by atoms with van der Waals surface area (Å²) in [5.74, 6) is 0. The van der Waals surface area contributed by atoms with Gasteiger partial charge in [-0.25, -0.2) is 14.8 Å². The molecule has 0 aromatic rings. The van der Waals surface area contributed by atoms with E-state index in [1.165, 1.54) is 0 Å². The van der Waals surface area contributed by atoms with E-state index in [0.717, 1.165) is 6.42 Å². The lowest BCUT2D eigenvalue weighted by Gasteiger charge is -2.41. The van der Waals surface area contributed by atoms with Crippen LogP contribution in [-0.2, 0) is 4.74 Å². The lowest BCUT2D eigenvalue weighted by atomic mass is 10.1. The van der Waals surface area contributed by atoms with Crippen LogP contribution in [0.15, 0.2) is 0 Å². The molecule has 0 rings (SSSR count). The quantitative estimate of drug-likeness (QED) is 0.714. The maximum Gasteiger partial charge on any atom is 0.424 e. The van der Waals surface area contributed by atoms with Gasteiger partial charge in [0.15, 0.2) is 0 Å². The van der Waals surface area contributed by atoms with E-state index in [1.54, 1.807) is 5.01 Å². The molecular formula is C13H28N2O2. The molecule has 17 heavy (non-hydrogen) atoms. The molecule has 0 aliphatic heterocycles. The standard InChI is InChI=1S/C13H28N2O2/c1-9-10-15(14(8)12(2,3)4)11(16)17-13(5,6)7/h9-10H2,1-8H3. The summed E-state index contributed by atoms with van der Waals surface area (Å²) >= 11 is 0. The lowest BCUT2D eigenvalue weighted by Crippen LogP contribution is -2.54. The van der Waals surface area contributed by atoms with Crippen molar-refractivity contribution in [3.8, 4) is 0 Å². The van der Waals surface area contributed by atoms with E-state index >= 15 is 0 Å². The van der Waals surface area contributed by atoms with Crippen molar-refractivity contribution in [2.75, 3.05) is 13.6 Å². The van der Waals surface area contributed by atoms with E-state index in [0.29, 0.717) is 6.54 Å². The minimum absolute atomic E-state index is 0.105. The maximum atomic E-state index is 12.1. The third-order valence-corrected chi connectivity index (χ3v) is 2.37. The molecule has 0 N–H and O–H groups in total. The van der Waals surface area contributed by atoms with Crippen molar-refractivity contribution in [3.05, 3.63) is 0 Å². The highest BCUT2D eigenvalue weighted by Gasteiger charge is 2.30. The number of carbonyl (C=O) groups is 1. The molecule has 0 saturated carbocycles. The summed E-state index contributed by atoms with van der Waals surface area (Å²) in [4.78, 5) is 12.1. The number of hydrogen-bond donors (Lipinski definition) is 0. The van der Waals surface area contributed by atoms with Gasteiger partial charge in [0, 0.05) is 19.1 Å². The summed E-state index contributed by atoms with van der Waals surface area (Å²) in [5.41, 5.74) is -0.562. The highest BCUT2D eigenvalue weighted by atomic mass is 16.6. The fourth-order valence-corrected chi connectivity index (χ4v) is 1.25. The number of ether oxygens (including phenoxy) is 1. The van der Waals surface area contributed by atoms with Crippen molar-refractivity contribution in [1.82, 2.24) is 10.0 Å². The topological polar surface area (TPSA) is 32.8 Å². The molecule has 0 radical (unpaired) electrons. The molecule has 0 spiro atoms. The monoisotopic (exact) mass is 244 g/mol. The molecule has 0 bridgehead atoms. The molecule has 0 atom stereocenters. The summed E-state index contributed by atoms with van der Waals surface area (Å²) in [6.45, 7) is 14.6. The molecule has 0 fully saturated rings. The van der Waals surface area contributed by atoms with E-state index in [9.17, 15) is 4.79 Å². The fraction of sp³-hybridized carbons (Fsp3) is 0.923. The van der Waals surface area contributed by atoms with Crippen LogP contribution in [0.5, 0.6) is 0 Å². The molecule has 0 heterocycles. The molecule has 1 amide bonds. The first-order chi connectivity index (χ1) is 7.49. The average Bonchev–Trinajstić information content (AvgIpc) is 2.08. The molecule has 102 valence electrons. The Hall–Kier alpha value is -0.770. The highest BCUT2D eigenvalue weighted by Crippen LogP contribution is 2.17. The highest BCUT2D eigenvalue weighted by molar-refractivity contribution is 5.67. The normalized spacial score (nSPS) is 12.8. The zero-order valence-corrected chi connectivity index (χ0v) is 12.6. The summed E-state index contributed by atoms with van der Waals surface area (Å²) in [6.07, 6.45) is 0.622. The molecule has 4 heteroatoms. The number of hydrogen-bond acceptors (Lipinski definition) is 3. The van der Waals surface area contributed by atoms with Gasteiger partial charge in [-0.05, 0) is 48.0 Å². The van der Waals surface area contributed by atoms with E-state index in [4.69, 9.17) is 4.74 Å². The van der Waals surface area contributed by atoms with Crippen LogP contribution in [0.1, 0.15) is 54.9 Å². The van der Waals surface area contributed by atoms with Crippen LogP contribution in [0, 0.1) is 0 Å². The predicted molar refractivity (Wildman–Crippen MR) is 70.7 cm³/mol. The van der Waals surface area contributed by atoms with Gasteiger partial charge in [-0.3, -0.25) is 0 Å². The summed E-state index contributed by atoms with van der Waals surface area (Å²) in [6, 6.07) is 0. The molecule has 0 aliphatic carbocycles. The molecule has 0 aliphatic rings. The Morgan fingerprint density at radius 3 is 1.88 bits per heavy atom. The van der Waals surface area contributed by atoms with Crippen LogP contribution >= 0.6 is 0 Å². The summed E-state index contributed by atoms with van der Waals surface area (Å²) < 4.78 is 5.41. The van der Waals surface area contributed by atoms with Gasteiger partial charge in [0.05, 0.1) is 0 Å². The second-order valence-electron chi connectivity index (χ2n) is 6.30. The first kappa shape index (κ1) is 16.2. The van der Waals surface area contributed by atoms with Crippen molar-refractivity contribution in [2.24, 2.45) is 0 Å². The van der Waals surface area contributed by atoms with Crippen LogP contribution in [-0.4, -0.2) is 40.8 Å². The third kappa shape index (κ3) is 5.91. The average molecular weight is 244 g/mol. The van der Waals surface area contributed by atoms with Crippen molar-refractivity contribution < 1.29 is 9.53 Å². The first-order valence-corrected chi connectivity index (χ1v) is 6.23. The number of nitrogens with zero attached hydrogens (tertiary/aromatic N) is 2. The molecule has 0 unspecified atom stereocenters. The van der Waals surface area contributed by atoms with Crippen molar-refractivity contribution >= 4 is 6.09 Å². The molecule has 0 aromatic carbocycles. The summed E-state index contributed by atoms with van der Waals surface area (Å²) in [5, 5.41) is 3.61. The summed E-state index contributed by atoms with van der Waals surface area (Å²) in [7, 11) is 1.92. The Kier molecular flexibility index (Phi) is 5.46. The number of rotatable bonds is 3. The van der Waals surface area contributed by atoms with E-state index in [-0.39, 0.29) is 11.6 Å². The Morgan fingerprint density at radius 1 is 1.12 bits per heavy atom. The van der Waals surface area contributed by atoms with Gasteiger partial charge in [-0.2, -0.15) is 0 Å². The molecule has 0 aromatic heterocycles. The van der Waals surface area contributed by atoms with Crippen LogP contribution in [0.25, 0.3) is 0 Å². The second kappa shape index (κ2) is 5.71. The minimum atomic E-state index is -0.457. The number of carbonyl (C=O) groups excluding carboxylic acids is 1. The fourth-order valence-electron chi connectivity index (χ4n) is 1.25. The molecule has 4 nitrogen and oxygen atoms in total. The lowest BCUT2D eigenvalue weighted by molar-refractivity contribution is -0.0769. The second-order valence-corrected chi connectivity index (χ2v) is 6.30. The van der Waals surface area contributed by atoms with Crippen molar-refractivity contribution in [3.63, 3.8) is 0 Å². The van der Waals surface area contributed by atoms with Crippen LogP contribution < -0.4 is 0 Å². The Morgan fingerprint density at radius 2 is 1.59 bits per heavy atom. The van der Waals surface area contributed by atoms with Crippen molar-refractivity contribution in [1.29, 1.82) is 0 Å². The van der Waals surface area contributed by atoms with Gasteiger partial charge < -0.3 is 4.74 Å². The molecule has 0 saturated heterocycles. The Labute approximate surface area is 106 Å². The van der Waals surface area contributed by atoms with Crippen LogP contribution in [0.3, 0.4) is 0 Å². The van der Waals surface area contributed by atoms with Crippen LogP contribution in [0.2, 0.25) is 0 Å². The van der Waals surface area contributed by atoms with Gasteiger partial charge in [-0.15, -0.1) is 0 Å². The SMILES string of the molecule is CCCN(C(=O)OC(C)(C)C)N(C)C(C)(C)C. The van der Waals surface area contributed by atoms with E-state index < -0.39 is 5.60 Å². The van der Waals surface area contributed by atoms with Crippen molar-refractivity contribution in [2.45, 2.75) is 66.0 Å². The van der Waals surface area contributed by atoms with Gasteiger partial charge in [0.1, 0.15) is 5.60 Å². The van der Waals surface area contributed by atoms with Gasteiger partial charge >= 0.3 is 6.09 Å². The number of hydrazine groups is 1. The minimum Gasteiger partial charge on any atom is -0.443 e. The Balaban J connectivity index is 4.80. The molecular weight excluding hydrogens is 216 g/mol. The first-order valence-electron chi connectivity index (χ1n) is 6.23. The van der Waals surface area contributed by atoms with Gasteiger partial charge in [-0.1, -0.05) is 6.92 Å². The zero-order valence-electron chi connectivity index (χ0n) is 12.6. The van der Waals surface area contributed by atoms with Gasteiger partial charge in [0.25, 0.3) is 0 Å². The third-order valence-electron chi connectivity index (χ3n) is 2.37. The maximum absolute atomic E-state index is 12.1. The predicted octanol–water partition coefficient (Wildman–Crippen LogP) is 3.28. The smallest absolute Gasteiger partial charge is 0.424 e. The van der Waals surface area contributed by atoms with E-state index in [1.807, 2.05) is 39.8 Å². The van der Waals surface area contributed by atoms with E-state index in [2.05, 4.69) is 20.8 Å².